The molecule has 1 saturated heterocycles. The van der Waals surface area contributed by atoms with Crippen molar-refractivity contribution >= 4 is 0 Å². The van der Waals surface area contributed by atoms with Gasteiger partial charge in [0.15, 0.2) is 0 Å². The molecule has 1 aromatic rings. The van der Waals surface area contributed by atoms with Crippen LogP contribution in [0.2, 0.25) is 0 Å². The molecule has 4 atom stereocenters. The highest BCUT2D eigenvalue weighted by molar-refractivity contribution is 5.38. The fraction of sp³-hybridized carbons (Fsp3) is 0.455. The Hall–Kier alpha value is -1.92. The lowest BCUT2D eigenvalue weighted by Crippen LogP contribution is -2.32. The van der Waals surface area contributed by atoms with E-state index in [9.17, 15) is 15.3 Å². The van der Waals surface area contributed by atoms with E-state index in [-0.39, 0.29) is 6.61 Å². The minimum absolute atomic E-state index is 0.331. The zero-order valence-electron chi connectivity index (χ0n) is 16.3. The summed E-state index contributed by atoms with van der Waals surface area (Å²) in [5.74, 6) is 0.802. The van der Waals surface area contributed by atoms with Crippen molar-refractivity contribution in [2.75, 3.05) is 13.2 Å². The molecule has 0 saturated carbocycles. The molecule has 1 aromatic carbocycles. The maximum absolute atomic E-state index is 10.2. The molecule has 0 bridgehead atoms. The summed E-state index contributed by atoms with van der Waals surface area (Å²) >= 11 is 0. The van der Waals surface area contributed by atoms with Crippen molar-refractivity contribution in [2.24, 2.45) is 0 Å². The minimum atomic E-state index is -1.10. The van der Waals surface area contributed by atoms with Gasteiger partial charge < -0.3 is 24.8 Å². The molecule has 0 amide bonds. The van der Waals surface area contributed by atoms with Crippen LogP contribution >= 0.6 is 0 Å². The van der Waals surface area contributed by atoms with Gasteiger partial charge in [-0.1, -0.05) is 36.4 Å². The van der Waals surface area contributed by atoms with Crippen LogP contribution in [0.3, 0.4) is 0 Å². The van der Waals surface area contributed by atoms with Gasteiger partial charge in [-0.3, -0.25) is 0 Å². The van der Waals surface area contributed by atoms with Gasteiger partial charge in [0, 0.05) is 0 Å². The van der Waals surface area contributed by atoms with Crippen LogP contribution in [0.5, 0.6) is 0 Å². The van der Waals surface area contributed by atoms with Gasteiger partial charge in [0.05, 0.1) is 13.2 Å². The van der Waals surface area contributed by atoms with Crippen molar-refractivity contribution in [3.63, 3.8) is 0 Å². The predicted molar refractivity (Wildman–Crippen MR) is 105 cm³/mol. The van der Waals surface area contributed by atoms with E-state index in [0.29, 0.717) is 13.0 Å². The highest BCUT2D eigenvalue weighted by Crippen LogP contribution is 2.34. The van der Waals surface area contributed by atoms with Gasteiger partial charge in [0.25, 0.3) is 0 Å². The standard InChI is InChI=1S/C22H30O5/c1-5-18(26-6-2)10-7-14(3)11-17-12-16(9-8-15(17)4)22-21(25)20(24)19(13-23)27-22/h5,7-10,12,19-25H,3,6,11,13H2,1-2,4H3/b10-7-,18-5+/t19-,20-,21+,22-/m0/s1. The third kappa shape index (κ3) is 5.30. The van der Waals surface area contributed by atoms with E-state index in [1.807, 2.05) is 57.2 Å². The van der Waals surface area contributed by atoms with E-state index in [1.165, 1.54) is 0 Å². The second-order valence-corrected chi connectivity index (χ2v) is 6.74. The molecule has 1 aliphatic rings. The second-order valence-electron chi connectivity index (χ2n) is 6.74. The van der Waals surface area contributed by atoms with Crippen LogP contribution in [-0.2, 0) is 15.9 Å². The normalized spacial score (nSPS) is 25.9. The molecule has 1 aliphatic heterocycles. The quantitative estimate of drug-likeness (QED) is 0.482. The average Bonchev–Trinajstić information content (AvgIpc) is 2.95. The first-order valence-corrected chi connectivity index (χ1v) is 9.28. The van der Waals surface area contributed by atoms with Crippen molar-refractivity contribution in [2.45, 2.75) is 51.6 Å². The first kappa shape index (κ1) is 21.4. The van der Waals surface area contributed by atoms with E-state index in [2.05, 4.69) is 6.58 Å². The number of aryl methyl sites for hydroxylation is 1. The van der Waals surface area contributed by atoms with Crippen LogP contribution in [0.1, 0.15) is 36.6 Å². The van der Waals surface area contributed by atoms with Crippen LogP contribution in [-0.4, -0.2) is 46.8 Å². The number of benzene rings is 1. The Morgan fingerprint density at radius 2 is 2.00 bits per heavy atom. The molecule has 0 spiro atoms. The Bertz CT molecular complexity index is 707. The van der Waals surface area contributed by atoms with E-state index < -0.39 is 24.4 Å². The Kier molecular flexibility index (Phi) is 7.80. The maximum Gasteiger partial charge on any atom is 0.115 e. The number of aliphatic hydroxyl groups is 3. The van der Waals surface area contributed by atoms with Crippen LogP contribution in [0, 0.1) is 6.92 Å². The zero-order valence-corrected chi connectivity index (χ0v) is 16.3. The summed E-state index contributed by atoms with van der Waals surface area (Å²) in [6.45, 7) is 10.3. The van der Waals surface area contributed by atoms with Crippen molar-refractivity contribution < 1.29 is 24.8 Å². The van der Waals surface area contributed by atoms with E-state index in [0.717, 1.165) is 28.0 Å². The smallest absolute Gasteiger partial charge is 0.115 e. The molecule has 1 heterocycles. The van der Waals surface area contributed by atoms with E-state index >= 15 is 0 Å². The lowest BCUT2D eigenvalue weighted by Gasteiger charge is -2.17. The third-order valence-corrected chi connectivity index (χ3v) is 4.74. The van der Waals surface area contributed by atoms with Crippen molar-refractivity contribution in [3.8, 4) is 0 Å². The maximum atomic E-state index is 10.2. The second kappa shape index (κ2) is 9.85. The van der Waals surface area contributed by atoms with Gasteiger partial charge in [-0.2, -0.15) is 0 Å². The van der Waals surface area contributed by atoms with Gasteiger partial charge in [-0.05, 0) is 56.0 Å². The molecule has 27 heavy (non-hydrogen) atoms. The number of aliphatic hydroxyl groups excluding tert-OH is 3. The largest absolute Gasteiger partial charge is 0.494 e. The van der Waals surface area contributed by atoms with Gasteiger partial charge in [0.1, 0.15) is 30.2 Å². The third-order valence-electron chi connectivity index (χ3n) is 4.74. The number of rotatable bonds is 8. The van der Waals surface area contributed by atoms with E-state index in [1.54, 1.807) is 0 Å². The lowest BCUT2D eigenvalue weighted by molar-refractivity contribution is -0.0227. The molecule has 2 rings (SSSR count). The first-order valence-electron chi connectivity index (χ1n) is 9.28. The zero-order chi connectivity index (χ0) is 20.0. The van der Waals surface area contributed by atoms with Gasteiger partial charge in [-0.15, -0.1) is 0 Å². The number of hydrogen-bond donors (Lipinski definition) is 3. The molecule has 148 valence electrons. The molecule has 0 radical (unpaired) electrons. The van der Waals surface area contributed by atoms with Crippen molar-refractivity contribution in [1.82, 2.24) is 0 Å². The highest BCUT2D eigenvalue weighted by Gasteiger charge is 2.42. The first-order chi connectivity index (χ1) is 12.9. The molecular formula is C22H30O5. The van der Waals surface area contributed by atoms with Crippen molar-refractivity contribution in [1.29, 1.82) is 0 Å². The summed E-state index contributed by atoms with van der Waals surface area (Å²) in [5, 5.41) is 29.5. The molecule has 5 nitrogen and oxygen atoms in total. The van der Waals surface area contributed by atoms with Crippen LogP contribution < -0.4 is 0 Å². The monoisotopic (exact) mass is 374 g/mol. The Morgan fingerprint density at radius 3 is 2.59 bits per heavy atom. The van der Waals surface area contributed by atoms with Crippen molar-refractivity contribution in [3.05, 3.63) is 71.0 Å². The number of ether oxygens (including phenoxy) is 2. The average molecular weight is 374 g/mol. The Balaban J connectivity index is 2.14. The van der Waals surface area contributed by atoms with Crippen LogP contribution in [0.4, 0.5) is 0 Å². The minimum Gasteiger partial charge on any atom is -0.494 e. The Labute approximate surface area is 161 Å². The molecule has 0 aromatic heterocycles. The Morgan fingerprint density at radius 1 is 1.26 bits per heavy atom. The predicted octanol–water partition coefficient (Wildman–Crippen LogP) is 2.74. The summed E-state index contributed by atoms with van der Waals surface area (Å²) in [4.78, 5) is 0. The molecule has 0 unspecified atom stereocenters. The fourth-order valence-corrected chi connectivity index (χ4v) is 3.13. The highest BCUT2D eigenvalue weighted by atomic mass is 16.6. The number of allylic oxidation sites excluding steroid dienone is 4. The summed E-state index contributed by atoms with van der Waals surface area (Å²) in [6.07, 6.45) is 2.79. The van der Waals surface area contributed by atoms with Crippen LogP contribution in [0.15, 0.2) is 54.3 Å². The molecule has 1 fully saturated rings. The molecular weight excluding hydrogens is 344 g/mol. The molecule has 3 N–H and O–H groups in total. The lowest BCUT2D eigenvalue weighted by atomic mass is 9.94. The van der Waals surface area contributed by atoms with Gasteiger partial charge in [0.2, 0.25) is 0 Å². The summed E-state index contributed by atoms with van der Waals surface area (Å²) in [6, 6.07) is 5.81. The SMILES string of the molecule is C=C(/C=C\C(=C/C)OCC)Cc1cc([C@@H]2O[C@@H](CO)[C@H](O)[C@H]2O)ccc1C. The topological polar surface area (TPSA) is 79.2 Å². The summed E-state index contributed by atoms with van der Waals surface area (Å²) < 4.78 is 11.1. The molecule has 5 heteroatoms. The molecule has 0 aliphatic carbocycles. The van der Waals surface area contributed by atoms with E-state index in [4.69, 9.17) is 9.47 Å². The summed E-state index contributed by atoms with van der Waals surface area (Å²) in [5.41, 5.74) is 3.88. The van der Waals surface area contributed by atoms with Gasteiger partial charge in [-0.25, -0.2) is 0 Å². The fourth-order valence-electron chi connectivity index (χ4n) is 3.13. The van der Waals surface area contributed by atoms with Crippen LogP contribution in [0.25, 0.3) is 0 Å². The summed E-state index contributed by atoms with van der Waals surface area (Å²) in [7, 11) is 0. The van der Waals surface area contributed by atoms with Gasteiger partial charge >= 0.3 is 0 Å². The number of hydrogen-bond acceptors (Lipinski definition) is 5.